The molecule has 1 saturated heterocycles. The Morgan fingerprint density at radius 1 is 1.33 bits per heavy atom. The first-order chi connectivity index (χ1) is 8.90. The minimum Gasteiger partial charge on any atom is -0.332 e. The summed E-state index contributed by atoms with van der Waals surface area (Å²) in [4.78, 5) is 4.37. The van der Waals surface area contributed by atoms with Crippen molar-refractivity contribution in [3.8, 4) is 11.6 Å². The largest absolute Gasteiger partial charge is 0.332 e. The number of rotatable bonds is 3. The summed E-state index contributed by atoms with van der Waals surface area (Å²) in [5, 5.41) is 15.5. The minimum absolute atomic E-state index is 0.386. The van der Waals surface area contributed by atoms with Gasteiger partial charge in [-0.2, -0.15) is 4.98 Å². The van der Waals surface area contributed by atoms with Crippen LogP contribution in [0.2, 0.25) is 0 Å². The van der Waals surface area contributed by atoms with Crippen molar-refractivity contribution in [1.82, 2.24) is 30.5 Å². The molecule has 1 N–H and O–H groups in total. The predicted octanol–water partition coefficient (Wildman–Crippen LogP) is 0.740. The first kappa shape index (κ1) is 10.2. The lowest BCUT2D eigenvalue weighted by molar-refractivity contribution is 0.421. The summed E-state index contributed by atoms with van der Waals surface area (Å²) in [6.07, 6.45) is 5.31. The third kappa shape index (κ3) is 1.71. The normalized spacial score (nSPS) is 23.7. The topological polar surface area (TPSA) is 81.7 Å². The van der Waals surface area contributed by atoms with E-state index in [0.717, 1.165) is 25.3 Å². The monoisotopic (exact) mass is 246 g/mol. The zero-order valence-electron chi connectivity index (χ0n) is 9.91. The SMILES string of the molecule is c1c(-c2nc(C3CC3)no2)nnn1[C@H]1CCNC1. The number of nitrogens with one attached hydrogen (secondary N) is 1. The number of nitrogens with zero attached hydrogens (tertiary/aromatic N) is 5. The summed E-state index contributed by atoms with van der Waals surface area (Å²) >= 11 is 0. The molecule has 0 bridgehead atoms. The molecule has 0 spiro atoms. The molecule has 1 aliphatic heterocycles. The van der Waals surface area contributed by atoms with Gasteiger partial charge < -0.3 is 9.84 Å². The molecule has 2 aliphatic rings. The van der Waals surface area contributed by atoms with Crippen molar-refractivity contribution in [2.45, 2.75) is 31.2 Å². The molecule has 1 aliphatic carbocycles. The fourth-order valence-corrected chi connectivity index (χ4v) is 2.26. The maximum Gasteiger partial charge on any atom is 0.280 e. The number of hydrogen-bond donors (Lipinski definition) is 1. The van der Waals surface area contributed by atoms with Crippen molar-refractivity contribution >= 4 is 0 Å². The van der Waals surface area contributed by atoms with E-state index in [-0.39, 0.29) is 0 Å². The Morgan fingerprint density at radius 3 is 3.06 bits per heavy atom. The molecular formula is C11H14N6O. The van der Waals surface area contributed by atoms with Gasteiger partial charge in [-0.25, -0.2) is 4.68 Å². The average molecular weight is 246 g/mol. The van der Waals surface area contributed by atoms with Crippen molar-refractivity contribution in [2.75, 3.05) is 13.1 Å². The number of hydrogen-bond acceptors (Lipinski definition) is 6. The van der Waals surface area contributed by atoms with E-state index in [1.807, 2.05) is 10.9 Å². The zero-order valence-corrected chi connectivity index (χ0v) is 9.91. The summed E-state index contributed by atoms with van der Waals surface area (Å²) in [5.41, 5.74) is 0.668. The van der Waals surface area contributed by atoms with Gasteiger partial charge in [0.25, 0.3) is 5.89 Å². The second-order valence-corrected chi connectivity index (χ2v) is 4.96. The summed E-state index contributed by atoms with van der Waals surface area (Å²) in [5.74, 6) is 1.78. The first-order valence-electron chi connectivity index (χ1n) is 6.36. The van der Waals surface area contributed by atoms with Crippen molar-refractivity contribution in [3.05, 3.63) is 12.0 Å². The molecule has 94 valence electrons. The lowest BCUT2D eigenvalue weighted by Gasteiger charge is -2.05. The Hall–Kier alpha value is -1.76. The van der Waals surface area contributed by atoms with Crippen LogP contribution in [-0.4, -0.2) is 38.2 Å². The minimum atomic E-state index is 0.386. The molecule has 2 fully saturated rings. The molecule has 18 heavy (non-hydrogen) atoms. The average Bonchev–Trinajstić information content (AvgIpc) is 2.91. The van der Waals surface area contributed by atoms with Gasteiger partial charge in [0.2, 0.25) is 0 Å². The molecule has 2 aromatic heterocycles. The Labute approximate surface area is 104 Å². The highest BCUT2D eigenvalue weighted by atomic mass is 16.5. The quantitative estimate of drug-likeness (QED) is 0.860. The highest BCUT2D eigenvalue weighted by Crippen LogP contribution is 2.38. The van der Waals surface area contributed by atoms with Crippen LogP contribution in [0.5, 0.6) is 0 Å². The summed E-state index contributed by atoms with van der Waals surface area (Å²) in [6, 6.07) is 0.386. The van der Waals surface area contributed by atoms with Crippen LogP contribution in [0.3, 0.4) is 0 Å². The summed E-state index contributed by atoms with van der Waals surface area (Å²) < 4.78 is 7.12. The van der Waals surface area contributed by atoms with Gasteiger partial charge in [-0.15, -0.1) is 5.10 Å². The predicted molar refractivity (Wildman–Crippen MR) is 61.8 cm³/mol. The van der Waals surface area contributed by atoms with Gasteiger partial charge in [0.15, 0.2) is 11.5 Å². The van der Waals surface area contributed by atoms with E-state index in [1.165, 1.54) is 12.8 Å². The maximum atomic E-state index is 5.24. The Morgan fingerprint density at radius 2 is 2.28 bits per heavy atom. The number of aromatic nitrogens is 5. The zero-order chi connectivity index (χ0) is 11.9. The van der Waals surface area contributed by atoms with Gasteiger partial charge in [0.1, 0.15) is 0 Å². The lowest BCUT2D eigenvalue weighted by Crippen LogP contribution is -2.13. The van der Waals surface area contributed by atoms with Crippen molar-refractivity contribution in [3.63, 3.8) is 0 Å². The van der Waals surface area contributed by atoms with Gasteiger partial charge >= 0.3 is 0 Å². The van der Waals surface area contributed by atoms with Gasteiger partial charge in [0.05, 0.1) is 12.2 Å². The fraction of sp³-hybridized carbons (Fsp3) is 0.636. The van der Waals surface area contributed by atoms with Crippen LogP contribution in [0.1, 0.15) is 37.0 Å². The fourth-order valence-electron chi connectivity index (χ4n) is 2.26. The maximum absolute atomic E-state index is 5.24. The van der Waals surface area contributed by atoms with Crippen LogP contribution in [0.25, 0.3) is 11.6 Å². The highest BCUT2D eigenvalue weighted by molar-refractivity contribution is 5.43. The van der Waals surface area contributed by atoms with E-state index in [1.54, 1.807) is 0 Å². The lowest BCUT2D eigenvalue weighted by atomic mass is 10.3. The Balaban J connectivity index is 1.59. The van der Waals surface area contributed by atoms with E-state index in [0.29, 0.717) is 23.5 Å². The van der Waals surface area contributed by atoms with E-state index in [2.05, 4.69) is 25.8 Å². The molecule has 2 aromatic rings. The molecule has 0 unspecified atom stereocenters. The summed E-state index contributed by atoms with van der Waals surface area (Å²) in [6.45, 7) is 1.98. The Bertz CT molecular complexity index is 551. The molecule has 0 amide bonds. The van der Waals surface area contributed by atoms with Crippen LogP contribution in [0.15, 0.2) is 10.7 Å². The molecule has 1 saturated carbocycles. The molecule has 7 heteroatoms. The van der Waals surface area contributed by atoms with Gasteiger partial charge in [-0.1, -0.05) is 10.4 Å². The van der Waals surface area contributed by atoms with Crippen molar-refractivity contribution in [1.29, 1.82) is 0 Å². The van der Waals surface area contributed by atoms with Crippen LogP contribution in [0, 0.1) is 0 Å². The van der Waals surface area contributed by atoms with Gasteiger partial charge in [0, 0.05) is 12.5 Å². The molecule has 1 atom stereocenters. The molecular weight excluding hydrogens is 232 g/mol. The van der Waals surface area contributed by atoms with E-state index in [9.17, 15) is 0 Å². The first-order valence-corrected chi connectivity index (χ1v) is 6.36. The van der Waals surface area contributed by atoms with E-state index < -0.39 is 0 Å². The third-order valence-electron chi connectivity index (χ3n) is 3.52. The molecule has 0 aromatic carbocycles. The second kappa shape index (κ2) is 3.88. The smallest absolute Gasteiger partial charge is 0.280 e. The van der Waals surface area contributed by atoms with Gasteiger partial charge in [-0.3, -0.25) is 0 Å². The van der Waals surface area contributed by atoms with Crippen LogP contribution >= 0.6 is 0 Å². The van der Waals surface area contributed by atoms with Crippen molar-refractivity contribution in [2.24, 2.45) is 0 Å². The third-order valence-corrected chi connectivity index (χ3v) is 3.52. The van der Waals surface area contributed by atoms with Crippen molar-refractivity contribution < 1.29 is 4.52 Å². The standard InChI is InChI=1S/C11H14N6O/c1-2-7(1)10-13-11(18-15-10)9-6-17(16-14-9)8-3-4-12-5-8/h6-8,12H,1-5H2/t8-/m0/s1. The molecule has 7 nitrogen and oxygen atoms in total. The molecule has 3 heterocycles. The van der Waals surface area contributed by atoms with E-state index >= 15 is 0 Å². The van der Waals surface area contributed by atoms with Crippen LogP contribution in [-0.2, 0) is 0 Å². The molecule has 4 rings (SSSR count). The molecule has 0 radical (unpaired) electrons. The second-order valence-electron chi connectivity index (χ2n) is 4.96. The van der Waals surface area contributed by atoms with Crippen LogP contribution in [0.4, 0.5) is 0 Å². The highest BCUT2D eigenvalue weighted by Gasteiger charge is 2.29. The Kier molecular flexibility index (Phi) is 2.19. The van der Waals surface area contributed by atoms with Crippen LogP contribution < -0.4 is 5.32 Å². The van der Waals surface area contributed by atoms with E-state index in [4.69, 9.17) is 4.52 Å². The van der Waals surface area contributed by atoms with Gasteiger partial charge in [-0.05, 0) is 25.8 Å². The summed E-state index contributed by atoms with van der Waals surface area (Å²) in [7, 11) is 0.